The molecule has 1 aliphatic rings. The lowest BCUT2D eigenvalue weighted by Gasteiger charge is -2.29. The fourth-order valence-electron chi connectivity index (χ4n) is 2.43. The molecule has 0 saturated carbocycles. The summed E-state index contributed by atoms with van der Waals surface area (Å²) in [4.78, 5) is 14.9. The molecule has 2 heterocycles. The molecule has 21 heavy (non-hydrogen) atoms. The summed E-state index contributed by atoms with van der Waals surface area (Å²) in [6.45, 7) is 5.71. The highest BCUT2D eigenvalue weighted by Crippen LogP contribution is 2.16. The molecule has 1 aromatic rings. The number of ether oxygens (including phenoxy) is 1. The SMILES string of the molecule is CCCOc1nc(NN)nc(NCC2CCCN(C)C2)n1. The van der Waals surface area contributed by atoms with Crippen molar-refractivity contribution in [3.8, 4) is 6.01 Å². The summed E-state index contributed by atoms with van der Waals surface area (Å²) in [7, 11) is 2.15. The zero-order valence-corrected chi connectivity index (χ0v) is 12.8. The van der Waals surface area contributed by atoms with E-state index in [1.54, 1.807) is 0 Å². The minimum atomic E-state index is 0.295. The second-order valence-electron chi connectivity index (χ2n) is 5.41. The summed E-state index contributed by atoms with van der Waals surface area (Å²) in [5.74, 6) is 6.79. The molecule has 8 heteroatoms. The Morgan fingerprint density at radius 2 is 2.14 bits per heavy atom. The number of hydrogen-bond acceptors (Lipinski definition) is 8. The highest BCUT2D eigenvalue weighted by Gasteiger charge is 2.17. The van der Waals surface area contributed by atoms with Gasteiger partial charge in [-0.15, -0.1) is 0 Å². The van der Waals surface area contributed by atoms with Crippen LogP contribution in [0.2, 0.25) is 0 Å². The van der Waals surface area contributed by atoms with Crippen molar-refractivity contribution >= 4 is 11.9 Å². The van der Waals surface area contributed by atoms with Crippen molar-refractivity contribution in [2.75, 3.05) is 44.0 Å². The van der Waals surface area contributed by atoms with Crippen molar-refractivity contribution in [1.82, 2.24) is 19.9 Å². The monoisotopic (exact) mass is 295 g/mol. The van der Waals surface area contributed by atoms with Gasteiger partial charge in [0.25, 0.3) is 0 Å². The van der Waals surface area contributed by atoms with Crippen LogP contribution in [0.5, 0.6) is 6.01 Å². The van der Waals surface area contributed by atoms with E-state index >= 15 is 0 Å². The molecule has 1 aromatic heterocycles. The van der Waals surface area contributed by atoms with Crippen molar-refractivity contribution in [3.05, 3.63) is 0 Å². The number of nitrogens with zero attached hydrogens (tertiary/aromatic N) is 4. The maximum atomic E-state index is 5.44. The fourth-order valence-corrected chi connectivity index (χ4v) is 2.43. The number of hydrazine groups is 1. The van der Waals surface area contributed by atoms with Gasteiger partial charge in [-0.1, -0.05) is 6.92 Å². The molecule has 0 spiro atoms. The molecular formula is C13H25N7O. The van der Waals surface area contributed by atoms with Gasteiger partial charge in [-0.25, -0.2) is 5.84 Å². The number of nitrogens with one attached hydrogen (secondary N) is 2. The molecular weight excluding hydrogens is 270 g/mol. The van der Waals surface area contributed by atoms with Crippen molar-refractivity contribution in [1.29, 1.82) is 0 Å². The molecule has 4 N–H and O–H groups in total. The lowest BCUT2D eigenvalue weighted by molar-refractivity contribution is 0.217. The Bertz CT molecular complexity index is 443. The van der Waals surface area contributed by atoms with Gasteiger partial charge in [-0.2, -0.15) is 15.0 Å². The van der Waals surface area contributed by atoms with Gasteiger partial charge in [0.15, 0.2) is 0 Å². The van der Waals surface area contributed by atoms with E-state index in [-0.39, 0.29) is 0 Å². The molecule has 2 rings (SSSR count). The van der Waals surface area contributed by atoms with Gasteiger partial charge < -0.3 is 15.0 Å². The number of aromatic nitrogens is 3. The lowest BCUT2D eigenvalue weighted by Crippen LogP contribution is -2.35. The molecule has 8 nitrogen and oxygen atoms in total. The predicted octanol–water partition coefficient (Wildman–Crippen LogP) is 0.700. The summed E-state index contributed by atoms with van der Waals surface area (Å²) in [6, 6.07) is 0.295. The number of hydrogen-bond donors (Lipinski definition) is 3. The first-order valence-corrected chi connectivity index (χ1v) is 7.49. The third-order valence-electron chi connectivity index (χ3n) is 3.45. The Morgan fingerprint density at radius 3 is 2.86 bits per heavy atom. The van der Waals surface area contributed by atoms with Gasteiger partial charge in [0, 0.05) is 13.1 Å². The van der Waals surface area contributed by atoms with Gasteiger partial charge in [0.2, 0.25) is 11.9 Å². The van der Waals surface area contributed by atoms with Gasteiger partial charge in [0.05, 0.1) is 6.61 Å². The highest BCUT2D eigenvalue weighted by atomic mass is 16.5. The Hall–Kier alpha value is -1.67. The van der Waals surface area contributed by atoms with Crippen LogP contribution >= 0.6 is 0 Å². The van der Waals surface area contributed by atoms with Crippen molar-refractivity contribution < 1.29 is 4.74 Å². The third kappa shape index (κ3) is 4.98. The minimum absolute atomic E-state index is 0.295. The quantitative estimate of drug-likeness (QED) is 0.499. The molecule has 1 saturated heterocycles. The van der Waals surface area contributed by atoms with Crippen LogP contribution in [0.4, 0.5) is 11.9 Å². The average molecular weight is 295 g/mol. The van der Waals surface area contributed by atoms with Crippen molar-refractivity contribution in [2.45, 2.75) is 26.2 Å². The largest absolute Gasteiger partial charge is 0.463 e. The number of piperidine rings is 1. The Labute approximate surface area is 125 Å². The van der Waals surface area contributed by atoms with E-state index in [0.717, 1.165) is 19.5 Å². The van der Waals surface area contributed by atoms with E-state index in [0.29, 0.717) is 30.4 Å². The van der Waals surface area contributed by atoms with E-state index < -0.39 is 0 Å². The first kappa shape index (κ1) is 15.7. The van der Waals surface area contributed by atoms with E-state index in [2.05, 4.69) is 37.6 Å². The van der Waals surface area contributed by atoms with Crippen molar-refractivity contribution in [2.24, 2.45) is 11.8 Å². The average Bonchev–Trinajstić information content (AvgIpc) is 2.51. The van der Waals surface area contributed by atoms with E-state index in [1.165, 1.54) is 19.4 Å². The molecule has 0 aromatic carbocycles. The smallest absolute Gasteiger partial charge is 0.323 e. The second kappa shape index (κ2) is 7.94. The minimum Gasteiger partial charge on any atom is -0.463 e. The Balaban J connectivity index is 1.94. The van der Waals surface area contributed by atoms with Crippen LogP contribution in [0, 0.1) is 5.92 Å². The van der Waals surface area contributed by atoms with E-state index in [4.69, 9.17) is 10.6 Å². The molecule has 0 bridgehead atoms. The van der Waals surface area contributed by atoms with Crippen LogP contribution in [0.1, 0.15) is 26.2 Å². The highest BCUT2D eigenvalue weighted by molar-refractivity contribution is 5.34. The Kier molecular flexibility index (Phi) is 5.94. The Morgan fingerprint density at radius 1 is 1.33 bits per heavy atom. The molecule has 1 atom stereocenters. The summed E-state index contributed by atoms with van der Waals surface area (Å²) in [6.07, 6.45) is 3.36. The van der Waals surface area contributed by atoms with Gasteiger partial charge in [-0.3, -0.25) is 5.43 Å². The summed E-state index contributed by atoms with van der Waals surface area (Å²) in [5.41, 5.74) is 2.44. The standard InChI is InChI=1S/C13H25N7O/c1-3-7-21-13-17-11(16-12(18-13)19-14)15-8-10-5-4-6-20(2)9-10/h10H,3-9,14H2,1-2H3,(H2,15,16,17,18,19). The fraction of sp³-hybridized carbons (Fsp3) is 0.769. The first-order valence-electron chi connectivity index (χ1n) is 7.49. The molecule has 1 unspecified atom stereocenters. The molecule has 1 aliphatic heterocycles. The second-order valence-corrected chi connectivity index (χ2v) is 5.41. The topological polar surface area (TPSA) is 101 Å². The maximum Gasteiger partial charge on any atom is 0.323 e. The molecule has 0 radical (unpaired) electrons. The normalized spacial score (nSPS) is 19.3. The number of nitrogens with two attached hydrogens (primary N) is 1. The summed E-state index contributed by atoms with van der Waals surface area (Å²) < 4.78 is 5.44. The zero-order valence-electron chi connectivity index (χ0n) is 12.8. The number of nitrogen functional groups attached to an aromatic ring is 1. The third-order valence-corrected chi connectivity index (χ3v) is 3.45. The van der Waals surface area contributed by atoms with Gasteiger partial charge in [0.1, 0.15) is 0 Å². The van der Waals surface area contributed by atoms with Crippen LogP contribution in [-0.4, -0.2) is 53.1 Å². The van der Waals surface area contributed by atoms with Crippen molar-refractivity contribution in [3.63, 3.8) is 0 Å². The van der Waals surface area contributed by atoms with E-state index in [9.17, 15) is 0 Å². The lowest BCUT2D eigenvalue weighted by atomic mass is 9.99. The molecule has 0 amide bonds. The summed E-state index contributed by atoms with van der Waals surface area (Å²) >= 11 is 0. The summed E-state index contributed by atoms with van der Waals surface area (Å²) in [5, 5.41) is 3.26. The van der Waals surface area contributed by atoms with Crippen LogP contribution in [0.3, 0.4) is 0 Å². The zero-order chi connectivity index (χ0) is 15.1. The number of rotatable bonds is 7. The number of anilines is 2. The number of likely N-dealkylation sites (tertiary alicyclic amines) is 1. The predicted molar refractivity (Wildman–Crippen MR) is 82.1 cm³/mol. The maximum absolute atomic E-state index is 5.44. The van der Waals surface area contributed by atoms with Crippen LogP contribution in [0.25, 0.3) is 0 Å². The molecule has 1 fully saturated rings. The first-order chi connectivity index (χ1) is 10.2. The van der Waals surface area contributed by atoms with E-state index in [1.807, 2.05) is 6.92 Å². The molecule has 0 aliphatic carbocycles. The van der Waals surface area contributed by atoms with Gasteiger partial charge >= 0.3 is 6.01 Å². The molecule has 118 valence electrons. The van der Waals surface area contributed by atoms with Gasteiger partial charge in [-0.05, 0) is 38.8 Å². The van der Waals surface area contributed by atoms with Crippen LogP contribution in [0.15, 0.2) is 0 Å². The van der Waals surface area contributed by atoms with Crippen LogP contribution < -0.4 is 21.3 Å². The van der Waals surface area contributed by atoms with Crippen LogP contribution in [-0.2, 0) is 0 Å².